The molecule has 1 unspecified atom stereocenters. The predicted octanol–water partition coefficient (Wildman–Crippen LogP) is 2.67. The van der Waals surface area contributed by atoms with Crippen molar-refractivity contribution < 1.29 is 9.53 Å². The molecule has 0 aromatic heterocycles. The van der Waals surface area contributed by atoms with Gasteiger partial charge in [-0.15, -0.1) is 0 Å². The zero-order chi connectivity index (χ0) is 11.8. The van der Waals surface area contributed by atoms with E-state index < -0.39 is 0 Å². The Hall–Kier alpha value is -1.51. The highest BCUT2D eigenvalue weighted by Crippen LogP contribution is 2.27. The Bertz CT molecular complexity index is 325. The number of carbonyl (C=O) groups is 1. The molecule has 3 nitrogen and oxygen atoms in total. The number of para-hydroxylation sites is 1. The van der Waals surface area contributed by atoms with Gasteiger partial charge >= 0.3 is 0 Å². The number of hydrogen-bond donors (Lipinski definition) is 1. The van der Waals surface area contributed by atoms with Crippen molar-refractivity contribution in [1.82, 2.24) is 5.32 Å². The quantitative estimate of drug-likeness (QED) is 0.719. The molecule has 0 saturated carbocycles. The summed E-state index contributed by atoms with van der Waals surface area (Å²) in [7, 11) is 1.65. The van der Waals surface area contributed by atoms with E-state index in [1.807, 2.05) is 24.3 Å². The molecule has 0 saturated heterocycles. The van der Waals surface area contributed by atoms with Crippen molar-refractivity contribution in [2.24, 2.45) is 0 Å². The molecule has 88 valence electrons. The van der Waals surface area contributed by atoms with Crippen LogP contribution in [0.5, 0.6) is 5.75 Å². The number of benzene rings is 1. The van der Waals surface area contributed by atoms with Gasteiger partial charge in [-0.3, -0.25) is 4.79 Å². The van der Waals surface area contributed by atoms with Crippen LogP contribution >= 0.6 is 0 Å². The molecule has 0 spiro atoms. The summed E-state index contributed by atoms with van der Waals surface area (Å²) in [6.45, 7) is 2.14. The fourth-order valence-corrected chi connectivity index (χ4v) is 1.77. The lowest BCUT2D eigenvalue weighted by atomic mass is 10.0. The zero-order valence-electron chi connectivity index (χ0n) is 9.90. The van der Waals surface area contributed by atoms with E-state index in [1.165, 1.54) is 0 Å². The summed E-state index contributed by atoms with van der Waals surface area (Å²) in [4.78, 5) is 10.6. The number of carbonyl (C=O) groups excluding carboxylic acids is 1. The predicted molar refractivity (Wildman–Crippen MR) is 64.5 cm³/mol. The molecule has 0 fully saturated rings. The summed E-state index contributed by atoms with van der Waals surface area (Å²) >= 11 is 0. The second kappa shape index (κ2) is 6.88. The Kier molecular flexibility index (Phi) is 5.40. The molecule has 1 rings (SSSR count). The minimum Gasteiger partial charge on any atom is -0.496 e. The smallest absolute Gasteiger partial charge is 0.207 e. The van der Waals surface area contributed by atoms with Crippen molar-refractivity contribution in [2.75, 3.05) is 7.11 Å². The van der Waals surface area contributed by atoms with E-state index in [0.29, 0.717) is 0 Å². The van der Waals surface area contributed by atoms with E-state index in [2.05, 4.69) is 12.2 Å². The molecule has 1 N–H and O–H groups in total. The summed E-state index contributed by atoms with van der Waals surface area (Å²) in [5.41, 5.74) is 1.05. The normalized spacial score (nSPS) is 11.9. The molecule has 16 heavy (non-hydrogen) atoms. The van der Waals surface area contributed by atoms with Gasteiger partial charge in [0.05, 0.1) is 13.2 Å². The Morgan fingerprint density at radius 2 is 2.19 bits per heavy atom. The highest BCUT2D eigenvalue weighted by molar-refractivity contribution is 5.49. The van der Waals surface area contributed by atoms with Gasteiger partial charge in [-0.1, -0.05) is 38.0 Å². The van der Waals surface area contributed by atoms with Crippen LogP contribution in [-0.2, 0) is 4.79 Å². The van der Waals surface area contributed by atoms with Gasteiger partial charge in [0.2, 0.25) is 6.41 Å². The lowest BCUT2D eigenvalue weighted by Crippen LogP contribution is -2.20. The van der Waals surface area contributed by atoms with Gasteiger partial charge in [0, 0.05) is 5.56 Å². The SMILES string of the molecule is CCCCC(NC=O)c1ccccc1OC. The van der Waals surface area contributed by atoms with Gasteiger partial charge in [0.25, 0.3) is 0 Å². The van der Waals surface area contributed by atoms with E-state index in [1.54, 1.807) is 7.11 Å². The molecule has 0 radical (unpaired) electrons. The standard InChI is InChI=1S/C13H19NO2/c1-3-4-8-12(14-10-15)11-7-5-6-9-13(11)16-2/h5-7,9-10,12H,3-4,8H2,1-2H3,(H,14,15). The van der Waals surface area contributed by atoms with Crippen LogP contribution in [0.2, 0.25) is 0 Å². The number of amides is 1. The maximum atomic E-state index is 10.6. The minimum atomic E-state index is 0.0496. The van der Waals surface area contributed by atoms with E-state index >= 15 is 0 Å². The van der Waals surface area contributed by atoms with E-state index in [-0.39, 0.29) is 6.04 Å². The molecule has 1 atom stereocenters. The van der Waals surface area contributed by atoms with Crippen LogP contribution in [0, 0.1) is 0 Å². The van der Waals surface area contributed by atoms with E-state index in [0.717, 1.165) is 37.0 Å². The van der Waals surface area contributed by atoms with Gasteiger partial charge < -0.3 is 10.1 Å². The first-order valence-corrected chi connectivity index (χ1v) is 5.66. The molecule has 1 aromatic rings. The molecular weight excluding hydrogens is 202 g/mol. The number of methoxy groups -OCH3 is 1. The van der Waals surface area contributed by atoms with Crippen molar-refractivity contribution in [2.45, 2.75) is 32.2 Å². The van der Waals surface area contributed by atoms with E-state index in [4.69, 9.17) is 4.74 Å². The Balaban J connectivity index is 2.85. The van der Waals surface area contributed by atoms with Gasteiger partial charge in [0.1, 0.15) is 5.75 Å². The summed E-state index contributed by atoms with van der Waals surface area (Å²) in [6, 6.07) is 7.86. The molecule has 3 heteroatoms. The molecule has 1 aromatic carbocycles. The maximum absolute atomic E-state index is 10.6. The van der Waals surface area contributed by atoms with Crippen molar-refractivity contribution in [3.8, 4) is 5.75 Å². The van der Waals surface area contributed by atoms with E-state index in [9.17, 15) is 4.79 Å². The van der Waals surface area contributed by atoms with Crippen molar-refractivity contribution >= 4 is 6.41 Å². The topological polar surface area (TPSA) is 38.3 Å². The third kappa shape index (κ3) is 3.26. The number of hydrogen-bond acceptors (Lipinski definition) is 2. The van der Waals surface area contributed by atoms with Gasteiger partial charge in [-0.2, -0.15) is 0 Å². The summed E-state index contributed by atoms with van der Waals surface area (Å²) in [6.07, 6.45) is 3.90. The number of unbranched alkanes of at least 4 members (excludes halogenated alkanes) is 1. The third-order valence-corrected chi connectivity index (χ3v) is 2.63. The molecular formula is C13H19NO2. The maximum Gasteiger partial charge on any atom is 0.207 e. The Morgan fingerprint density at radius 3 is 2.81 bits per heavy atom. The first kappa shape index (κ1) is 12.6. The second-order valence-corrected chi connectivity index (χ2v) is 3.72. The Labute approximate surface area is 96.8 Å². The lowest BCUT2D eigenvalue weighted by Gasteiger charge is -2.18. The Morgan fingerprint density at radius 1 is 1.44 bits per heavy atom. The third-order valence-electron chi connectivity index (χ3n) is 2.63. The molecule has 0 aliphatic rings. The number of nitrogens with one attached hydrogen (secondary N) is 1. The molecule has 0 aliphatic carbocycles. The molecule has 0 bridgehead atoms. The molecule has 1 amide bonds. The largest absolute Gasteiger partial charge is 0.496 e. The number of ether oxygens (including phenoxy) is 1. The average molecular weight is 221 g/mol. The fraction of sp³-hybridized carbons (Fsp3) is 0.462. The van der Waals surface area contributed by atoms with Gasteiger partial charge in [-0.05, 0) is 12.5 Å². The monoisotopic (exact) mass is 221 g/mol. The van der Waals surface area contributed by atoms with Crippen molar-refractivity contribution in [3.63, 3.8) is 0 Å². The van der Waals surface area contributed by atoms with Crippen molar-refractivity contribution in [3.05, 3.63) is 29.8 Å². The highest BCUT2D eigenvalue weighted by Gasteiger charge is 2.13. The zero-order valence-corrected chi connectivity index (χ0v) is 9.90. The number of rotatable bonds is 7. The summed E-state index contributed by atoms with van der Waals surface area (Å²) < 4.78 is 5.30. The summed E-state index contributed by atoms with van der Waals surface area (Å²) in [5, 5.41) is 2.85. The molecule has 0 aliphatic heterocycles. The van der Waals surface area contributed by atoms with Crippen LogP contribution in [0.25, 0.3) is 0 Å². The van der Waals surface area contributed by atoms with Crippen molar-refractivity contribution in [1.29, 1.82) is 0 Å². The lowest BCUT2D eigenvalue weighted by molar-refractivity contribution is -0.110. The second-order valence-electron chi connectivity index (χ2n) is 3.72. The summed E-state index contributed by atoms with van der Waals surface area (Å²) in [5.74, 6) is 0.831. The van der Waals surface area contributed by atoms with Crippen LogP contribution in [0.15, 0.2) is 24.3 Å². The van der Waals surface area contributed by atoms with Crippen LogP contribution in [0.4, 0.5) is 0 Å². The highest BCUT2D eigenvalue weighted by atomic mass is 16.5. The fourth-order valence-electron chi connectivity index (χ4n) is 1.77. The molecule has 0 heterocycles. The van der Waals surface area contributed by atoms with Gasteiger partial charge in [0.15, 0.2) is 0 Å². The minimum absolute atomic E-state index is 0.0496. The average Bonchev–Trinajstić information content (AvgIpc) is 2.34. The first-order valence-electron chi connectivity index (χ1n) is 5.66. The van der Waals surface area contributed by atoms with Gasteiger partial charge in [-0.25, -0.2) is 0 Å². The van der Waals surface area contributed by atoms with Crippen LogP contribution in [0.3, 0.4) is 0 Å². The van der Waals surface area contributed by atoms with Crippen LogP contribution in [0.1, 0.15) is 37.8 Å². The van der Waals surface area contributed by atoms with Crippen LogP contribution in [-0.4, -0.2) is 13.5 Å². The van der Waals surface area contributed by atoms with Crippen LogP contribution < -0.4 is 10.1 Å². The first-order chi connectivity index (χ1) is 7.83.